The number of nitrogens with one attached hydrogen (secondary N) is 1. The molecule has 1 atom stereocenters. The SMILES string of the molecule is CCC[C@@]1(c2ccccc2CC)CC(O)=C(Sc2cc3cc[nH]c3cc2C(C)(C)C)C(=O)O1. The molecule has 1 aromatic heterocycles. The first-order valence-corrected chi connectivity index (χ1v) is 12.5. The highest BCUT2D eigenvalue weighted by Gasteiger charge is 2.44. The molecule has 1 aliphatic rings. The van der Waals surface area contributed by atoms with Crippen LogP contribution in [0.1, 0.15) is 70.6 Å². The number of ether oxygens (including phenoxy) is 1. The Morgan fingerprint density at radius 1 is 1.15 bits per heavy atom. The molecular formula is C28H33NO3S. The quantitative estimate of drug-likeness (QED) is 0.371. The molecule has 4 nitrogen and oxygen atoms in total. The minimum absolute atomic E-state index is 0.115. The van der Waals surface area contributed by atoms with Gasteiger partial charge < -0.3 is 14.8 Å². The van der Waals surface area contributed by atoms with Gasteiger partial charge in [-0.15, -0.1) is 0 Å². The van der Waals surface area contributed by atoms with Gasteiger partial charge in [-0.1, -0.05) is 77.1 Å². The lowest BCUT2D eigenvalue weighted by atomic mass is 9.81. The summed E-state index contributed by atoms with van der Waals surface area (Å²) in [5.41, 5.74) is 3.38. The summed E-state index contributed by atoms with van der Waals surface area (Å²) in [5, 5.41) is 12.3. The van der Waals surface area contributed by atoms with Crippen molar-refractivity contribution >= 4 is 28.6 Å². The first-order valence-electron chi connectivity index (χ1n) is 11.7. The third-order valence-electron chi connectivity index (χ3n) is 6.41. The molecule has 0 unspecified atom stereocenters. The molecule has 0 fully saturated rings. The number of aryl methyl sites for hydroxylation is 1. The van der Waals surface area contributed by atoms with Crippen LogP contribution in [0.5, 0.6) is 0 Å². The van der Waals surface area contributed by atoms with E-state index in [1.54, 1.807) is 0 Å². The normalized spacial score (nSPS) is 19.2. The first-order chi connectivity index (χ1) is 15.7. The van der Waals surface area contributed by atoms with E-state index in [1.807, 2.05) is 30.5 Å². The van der Waals surface area contributed by atoms with E-state index in [1.165, 1.54) is 11.8 Å². The number of hydrogen-bond donors (Lipinski definition) is 2. The smallest absolute Gasteiger partial charge is 0.349 e. The Kier molecular flexibility index (Phi) is 6.37. The Balaban J connectivity index is 1.77. The van der Waals surface area contributed by atoms with Crippen molar-refractivity contribution < 1.29 is 14.6 Å². The van der Waals surface area contributed by atoms with E-state index in [-0.39, 0.29) is 16.1 Å². The summed E-state index contributed by atoms with van der Waals surface area (Å²) in [6.07, 6.45) is 4.57. The van der Waals surface area contributed by atoms with Crippen LogP contribution in [-0.4, -0.2) is 16.1 Å². The van der Waals surface area contributed by atoms with Crippen LogP contribution in [0.4, 0.5) is 0 Å². The Morgan fingerprint density at radius 2 is 1.91 bits per heavy atom. The number of rotatable bonds is 6. The minimum atomic E-state index is -0.829. The third kappa shape index (κ3) is 4.43. The van der Waals surface area contributed by atoms with Gasteiger partial charge in [0, 0.05) is 22.0 Å². The second kappa shape index (κ2) is 8.94. The Bertz CT molecular complexity index is 1220. The topological polar surface area (TPSA) is 62.3 Å². The van der Waals surface area contributed by atoms with Crippen molar-refractivity contribution in [2.45, 2.75) is 76.2 Å². The average Bonchev–Trinajstić information content (AvgIpc) is 3.23. The number of aliphatic hydroxyl groups is 1. The lowest BCUT2D eigenvalue weighted by molar-refractivity contribution is -0.160. The van der Waals surface area contributed by atoms with Crippen molar-refractivity contribution in [3.63, 3.8) is 0 Å². The second-order valence-corrected chi connectivity index (χ2v) is 10.9. The monoisotopic (exact) mass is 463 g/mol. The zero-order chi connectivity index (χ0) is 23.8. The highest BCUT2D eigenvalue weighted by Crippen LogP contribution is 2.47. The average molecular weight is 464 g/mol. The molecule has 0 radical (unpaired) electrons. The van der Waals surface area contributed by atoms with E-state index in [0.717, 1.165) is 45.3 Å². The van der Waals surface area contributed by atoms with E-state index in [4.69, 9.17) is 4.74 Å². The van der Waals surface area contributed by atoms with Crippen molar-refractivity contribution in [3.05, 3.63) is 76.0 Å². The van der Waals surface area contributed by atoms with Crippen molar-refractivity contribution in [3.8, 4) is 0 Å². The van der Waals surface area contributed by atoms with Crippen molar-refractivity contribution in [1.82, 2.24) is 4.98 Å². The van der Waals surface area contributed by atoms with Crippen molar-refractivity contribution in [2.75, 3.05) is 0 Å². The maximum Gasteiger partial charge on any atom is 0.349 e. The third-order valence-corrected chi connectivity index (χ3v) is 7.57. The van der Waals surface area contributed by atoms with E-state index in [9.17, 15) is 9.90 Å². The number of carbonyl (C=O) groups is 1. The molecule has 0 saturated carbocycles. The van der Waals surface area contributed by atoms with E-state index < -0.39 is 11.6 Å². The molecule has 33 heavy (non-hydrogen) atoms. The van der Waals surface area contributed by atoms with E-state index >= 15 is 0 Å². The standard InChI is InChI=1S/C28H33NO3S/c1-6-13-28(20-11-9-8-10-18(20)7-2)17-23(30)25(26(31)32-28)33-24-15-19-12-14-29-22(19)16-21(24)27(3,4)5/h8-12,14-16,29-30H,6-7,13,17H2,1-5H3/t28-/m0/s1. The van der Waals surface area contributed by atoms with Crippen LogP contribution >= 0.6 is 11.8 Å². The molecule has 0 amide bonds. The Labute approximate surface area is 200 Å². The van der Waals surface area contributed by atoms with Gasteiger partial charge in [-0.3, -0.25) is 0 Å². The molecule has 3 aromatic rings. The van der Waals surface area contributed by atoms with Crippen LogP contribution in [0.2, 0.25) is 0 Å². The number of aromatic nitrogens is 1. The van der Waals surface area contributed by atoms with Crippen molar-refractivity contribution in [1.29, 1.82) is 0 Å². The van der Waals surface area contributed by atoms with Gasteiger partial charge in [0.1, 0.15) is 16.3 Å². The van der Waals surface area contributed by atoms with Crippen molar-refractivity contribution in [2.24, 2.45) is 0 Å². The lowest BCUT2D eigenvalue weighted by Crippen LogP contribution is -2.38. The van der Waals surface area contributed by atoms with Gasteiger partial charge in [-0.25, -0.2) is 4.79 Å². The number of esters is 1. The maximum absolute atomic E-state index is 13.4. The van der Waals surface area contributed by atoms with Crippen LogP contribution in [0.3, 0.4) is 0 Å². The molecule has 1 aliphatic heterocycles. The summed E-state index contributed by atoms with van der Waals surface area (Å²) >= 11 is 1.32. The number of aliphatic hydroxyl groups excluding tert-OH is 1. The van der Waals surface area contributed by atoms with Crippen LogP contribution in [0.25, 0.3) is 10.9 Å². The highest BCUT2D eigenvalue weighted by atomic mass is 32.2. The largest absolute Gasteiger partial charge is 0.511 e. The predicted molar refractivity (Wildman–Crippen MR) is 136 cm³/mol. The summed E-state index contributed by atoms with van der Waals surface area (Å²) in [6.45, 7) is 10.6. The zero-order valence-corrected chi connectivity index (χ0v) is 20.9. The van der Waals surface area contributed by atoms with Gasteiger partial charge >= 0.3 is 5.97 Å². The molecule has 5 heteroatoms. The van der Waals surface area contributed by atoms with Gasteiger partial charge in [0.05, 0.1) is 6.42 Å². The number of benzene rings is 2. The zero-order valence-electron chi connectivity index (χ0n) is 20.1. The van der Waals surface area contributed by atoms with Gasteiger partial charge in [0.2, 0.25) is 0 Å². The van der Waals surface area contributed by atoms with Gasteiger partial charge in [0.25, 0.3) is 0 Å². The van der Waals surface area contributed by atoms with Gasteiger partial charge in [0.15, 0.2) is 0 Å². The number of carbonyl (C=O) groups excluding carboxylic acids is 1. The predicted octanol–water partition coefficient (Wildman–Crippen LogP) is 7.53. The Hall–Kier alpha value is -2.66. The van der Waals surface area contributed by atoms with Crippen LogP contribution in [-0.2, 0) is 27.0 Å². The molecule has 0 saturated heterocycles. The molecule has 174 valence electrons. The van der Waals surface area contributed by atoms with Crippen LogP contribution in [0.15, 0.2) is 64.2 Å². The molecule has 0 bridgehead atoms. The minimum Gasteiger partial charge on any atom is -0.511 e. The molecule has 0 spiro atoms. The van der Waals surface area contributed by atoms with Crippen LogP contribution < -0.4 is 0 Å². The molecule has 2 N–H and O–H groups in total. The number of hydrogen-bond acceptors (Lipinski definition) is 4. The summed E-state index contributed by atoms with van der Waals surface area (Å²) in [7, 11) is 0. The molecule has 4 rings (SSSR count). The fraction of sp³-hybridized carbons (Fsp3) is 0.393. The Morgan fingerprint density at radius 3 is 2.58 bits per heavy atom. The summed E-state index contributed by atoms with van der Waals surface area (Å²) in [6, 6.07) is 14.3. The maximum atomic E-state index is 13.4. The first kappa shape index (κ1) is 23.5. The molecule has 0 aliphatic carbocycles. The fourth-order valence-corrected chi connectivity index (χ4v) is 5.99. The molecular weight excluding hydrogens is 430 g/mol. The molecule has 2 aromatic carbocycles. The number of thioether (sulfide) groups is 1. The second-order valence-electron chi connectivity index (χ2n) is 9.86. The molecule has 2 heterocycles. The summed E-state index contributed by atoms with van der Waals surface area (Å²) in [5.74, 6) is -0.332. The number of H-pyrrole nitrogens is 1. The van der Waals surface area contributed by atoms with Gasteiger partial charge in [-0.05, 0) is 53.1 Å². The van der Waals surface area contributed by atoms with E-state index in [0.29, 0.717) is 12.8 Å². The van der Waals surface area contributed by atoms with Crippen LogP contribution in [0, 0.1) is 0 Å². The fourth-order valence-electron chi connectivity index (χ4n) is 4.79. The number of aromatic amines is 1. The number of fused-ring (bicyclic) bond motifs is 1. The summed E-state index contributed by atoms with van der Waals surface area (Å²) in [4.78, 5) is 17.9. The van der Waals surface area contributed by atoms with Gasteiger partial charge in [-0.2, -0.15) is 0 Å². The summed E-state index contributed by atoms with van der Waals surface area (Å²) < 4.78 is 6.21. The highest BCUT2D eigenvalue weighted by molar-refractivity contribution is 8.04. The lowest BCUT2D eigenvalue weighted by Gasteiger charge is -2.38. The van der Waals surface area contributed by atoms with E-state index in [2.05, 4.69) is 57.8 Å². The number of cyclic esters (lactones) is 1.